The Morgan fingerprint density at radius 3 is 2.64 bits per heavy atom. The molecule has 0 spiro atoms. The van der Waals surface area contributed by atoms with Crippen LogP contribution in [0.15, 0.2) is 85.2 Å². The van der Waals surface area contributed by atoms with E-state index in [1.165, 1.54) is 6.07 Å². The Bertz CT molecular complexity index is 1470. The molecule has 0 bridgehead atoms. The molecule has 3 aromatic heterocycles. The summed E-state index contributed by atoms with van der Waals surface area (Å²) in [6.07, 6.45) is 3.75. The third-order valence-electron chi connectivity index (χ3n) is 5.29. The van der Waals surface area contributed by atoms with E-state index in [9.17, 15) is 4.39 Å². The van der Waals surface area contributed by atoms with E-state index in [2.05, 4.69) is 10.3 Å². The fraction of sp³-hybridized carbons (Fsp3) is 0.0769. The van der Waals surface area contributed by atoms with Crippen molar-refractivity contribution in [2.75, 3.05) is 5.32 Å². The van der Waals surface area contributed by atoms with Crippen molar-refractivity contribution in [2.24, 2.45) is 0 Å². The number of halogens is 1. The molecule has 0 atom stereocenters. The van der Waals surface area contributed by atoms with Gasteiger partial charge < -0.3 is 5.32 Å². The van der Waals surface area contributed by atoms with Crippen molar-refractivity contribution in [3.63, 3.8) is 0 Å². The maximum Gasteiger partial charge on any atom is 0.146 e. The Morgan fingerprint density at radius 1 is 0.970 bits per heavy atom. The Balaban J connectivity index is 1.57. The van der Waals surface area contributed by atoms with Gasteiger partial charge in [0.15, 0.2) is 0 Å². The monoisotopic (exact) mass is 453 g/mol. The fourth-order valence-electron chi connectivity index (χ4n) is 3.79. The van der Waals surface area contributed by atoms with E-state index >= 15 is 0 Å². The summed E-state index contributed by atoms with van der Waals surface area (Å²) < 4.78 is 15.8. The highest BCUT2D eigenvalue weighted by molar-refractivity contribution is 7.80. The lowest BCUT2D eigenvalue weighted by Gasteiger charge is -2.08. The summed E-state index contributed by atoms with van der Waals surface area (Å²) in [4.78, 5) is 9.63. The number of hydrogen-bond donors (Lipinski definition) is 1. The summed E-state index contributed by atoms with van der Waals surface area (Å²) in [7, 11) is 0. The van der Waals surface area contributed by atoms with Crippen molar-refractivity contribution in [1.82, 2.24) is 19.7 Å². The van der Waals surface area contributed by atoms with E-state index in [0.717, 1.165) is 39.1 Å². The number of pyridine rings is 2. The van der Waals surface area contributed by atoms with Crippen LogP contribution in [0.25, 0.3) is 33.4 Å². The lowest BCUT2D eigenvalue weighted by molar-refractivity contribution is 0.632. The van der Waals surface area contributed by atoms with Crippen LogP contribution in [-0.4, -0.2) is 24.7 Å². The van der Waals surface area contributed by atoms with Crippen LogP contribution in [0.3, 0.4) is 0 Å². The van der Waals surface area contributed by atoms with Crippen molar-refractivity contribution in [3.8, 4) is 22.5 Å². The number of benzene rings is 2. The highest BCUT2D eigenvalue weighted by Crippen LogP contribution is 2.34. The molecule has 5 rings (SSSR count). The van der Waals surface area contributed by atoms with Gasteiger partial charge in [-0.1, -0.05) is 48.6 Å². The fourth-order valence-corrected chi connectivity index (χ4v) is 4.04. The first-order valence-electron chi connectivity index (χ1n) is 10.5. The number of nitrogens with zero attached hydrogens (tertiary/aromatic N) is 4. The molecule has 0 aliphatic heterocycles. The Morgan fingerprint density at radius 2 is 1.79 bits per heavy atom. The second-order valence-corrected chi connectivity index (χ2v) is 8.15. The Hall–Kier alpha value is -3.97. The van der Waals surface area contributed by atoms with Crippen LogP contribution in [0.2, 0.25) is 0 Å². The molecule has 0 amide bonds. The van der Waals surface area contributed by atoms with Crippen LogP contribution in [0, 0.1) is 12.7 Å². The van der Waals surface area contributed by atoms with Gasteiger partial charge in [-0.2, -0.15) is 5.10 Å². The van der Waals surface area contributed by atoms with Gasteiger partial charge >= 0.3 is 0 Å². The number of aryl methyl sites for hydroxylation is 1. The minimum atomic E-state index is -0.353. The summed E-state index contributed by atoms with van der Waals surface area (Å²) >= 11 is 5.50. The minimum Gasteiger partial charge on any atom is -0.346 e. The molecule has 162 valence electrons. The van der Waals surface area contributed by atoms with Crippen molar-refractivity contribution in [1.29, 1.82) is 0 Å². The summed E-state index contributed by atoms with van der Waals surface area (Å²) in [5.41, 5.74) is 5.63. The quantitative estimate of drug-likeness (QED) is 0.329. The molecule has 0 aliphatic carbocycles. The number of anilines is 1. The number of nitrogens with one attached hydrogen (secondary N) is 1. The number of para-hydroxylation sites is 2. The molecule has 0 unspecified atom stereocenters. The number of hydrogen-bond acceptors (Lipinski definition) is 4. The van der Waals surface area contributed by atoms with E-state index in [0.29, 0.717) is 17.2 Å². The molecule has 1 N–H and O–H groups in total. The van der Waals surface area contributed by atoms with Gasteiger partial charge in [0.05, 0.1) is 23.4 Å². The molecule has 0 radical (unpaired) electrons. The van der Waals surface area contributed by atoms with Crippen LogP contribution in [-0.2, 0) is 6.54 Å². The molecule has 0 aliphatic rings. The van der Waals surface area contributed by atoms with Crippen molar-refractivity contribution in [2.45, 2.75) is 13.5 Å². The second-order valence-electron chi connectivity index (χ2n) is 7.66. The van der Waals surface area contributed by atoms with Crippen LogP contribution in [0.1, 0.15) is 5.69 Å². The molecule has 3 heterocycles. The van der Waals surface area contributed by atoms with Gasteiger partial charge in [0, 0.05) is 29.0 Å². The van der Waals surface area contributed by atoms with Gasteiger partial charge in [-0.15, -0.1) is 0 Å². The molecule has 5 nitrogen and oxygen atoms in total. The number of thiocarbonyl (C=S) groups is 1. The molecular weight excluding hydrogens is 433 g/mol. The first kappa shape index (κ1) is 20.9. The highest BCUT2D eigenvalue weighted by Gasteiger charge is 2.17. The summed E-state index contributed by atoms with van der Waals surface area (Å²) in [5, 5.41) is 8.83. The zero-order valence-corrected chi connectivity index (χ0v) is 18.7. The zero-order valence-electron chi connectivity index (χ0n) is 17.9. The molecule has 0 saturated heterocycles. The van der Waals surface area contributed by atoms with Gasteiger partial charge in [-0.05, 0) is 48.9 Å². The standard InChI is InChI=1S/C26H20FN5S/c1-17-7-6-12-24(29-17)26-20(18-13-14-28-22-10-4-2-8-19(18)22)15-32(31-26)16-25(33)30-23-11-5-3-9-21(23)27/h2-15H,16H2,1H3,(H,30,33). The summed E-state index contributed by atoms with van der Waals surface area (Å²) in [6, 6.07) is 22.3. The van der Waals surface area contributed by atoms with Crippen LogP contribution < -0.4 is 5.32 Å². The molecule has 7 heteroatoms. The van der Waals surface area contributed by atoms with E-state index in [-0.39, 0.29) is 5.82 Å². The third-order valence-corrected chi connectivity index (χ3v) is 5.52. The van der Waals surface area contributed by atoms with Gasteiger partial charge in [0.1, 0.15) is 16.5 Å². The van der Waals surface area contributed by atoms with Gasteiger partial charge in [0.25, 0.3) is 0 Å². The van der Waals surface area contributed by atoms with Crippen molar-refractivity contribution < 1.29 is 4.39 Å². The molecule has 2 aromatic carbocycles. The van der Waals surface area contributed by atoms with Crippen molar-refractivity contribution in [3.05, 3.63) is 96.7 Å². The molecular formula is C26H20FN5S. The predicted octanol–water partition coefficient (Wildman–Crippen LogP) is 6.05. The van der Waals surface area contributed by atoms with Crippen molar-refractivity contribution >= 4 is 33.8 Å². The van der Waals surface area contributed by atoms with Gasteiger partial charge in [-0.25, -0.2) is 4.39 Å². The SMILES string of the molecule is Cc1cccc(-c2nn(CC(=S)Nc3ccccc3F)cc2-c2ccnc3ccccc23)n1. The highest BCUT2D eigenvalue weighted by atomic mass is 32.1. The van der Waals surface area contributed by atoms with E-state index in [1.807, 2.05) is 61.7 Å². The molecule has 0 fully saturated rings. The normalized spacial score (nSPS) is 11.0. The zero-order chi connectivity index (χ0) is 22.8. The van der Waals surface area contributed by atoms with E-state index < -0.39 is 0 Å². The minimum absolute atomic E-state index is 0.297. The van der Waals surface area contributed by atoms with E-state index in [1.54, 1.807) is 29.1 Å². The van der Waals surface area contributed by atoms with Crippen LogP contribution >= 0.6 is 12.2 Å². The average Bonchev–Trinajstić information content (AvgIpc) is 3.23. The summed E-state index contributed by atoms with van der Waals surface area (Å²) in [5.74, 6) is -0.353. The second kappa shape index (κ2) is 8.88. The maximum absolute atomic E-state index is 14.0. The predicted molar refractivity (Wildman–Crippen MR) is 134 cm³/mol. The average molecular weight is 454 g/mol. The third kappa shape index (κ3) is 4.36. The molecule has 33 heavy (non-hydrogen) atoms. The maximum atomic E-state index is 14.0. The summed E-state index contributed by atoms with van der Waals surface area (Å²) in [6.45, 7) is 2.25. The molecule has 5 aromatic rings. The van der Waals surface area contributed by atoms with E-state index in [4.69, 9.17) is 22.3 Å². The van der Waals surface area contributed by atoms with Gasteiger partial charge in [0.2, 0.25) is 0 Å². The Labute approximate surface area is 195 Å². The number of aromatic nitrogens is 4. The Kier molecular flexibility index (Phi) is 5.62. The topological polar surface area (TPSA) is 55.6 Å². The lowest BCUT2D eigenvalue weighted by Crippen LogP contribution is -2.17. The van der Waals surface area contributed by atoms with Crippen LogP contribution in [0.5, 0.6) is 0 Å². The van der Waals surface area contributed by atoms with Crippen LogP contribution in [0.4, 0.5) is 10.1 Å². The lowest BCUT2D eigenvalue weighted by atomic mass is 10.0. The largest absolute Gasteiger partial charge is 0.346 e. The number of fused-ring (bicyclic) bond motifs is 1. The smallest absolute Gasteiger partial charge is 0.146 e. The first-order valence-corrected chi connectivity index (χ1v) is 10.9. The molecule has 0 saturated carbocycles. The van der Waals surface area contributed by atoms with Gasteiger partial charge in [-0.3, -0.25) is 14.6 Å². The number of rotatable bonds is 5. The first-order chi connectivity index (χ1) is 16.1.